The second kappa shape index (κ2) is 3.62. The number of carbonyl (C=O) groups excluding carboxylic acids is 1. The first-order valence-corrected chi connectivity index (χ1v) is 6.22. The molecule has 2 heterocycles. The van der Waals surface area contributed by atoms with E-state index in [9.17, 15) is 4.79 Å². The molecule has 1 aliphatic rings. The van der Waals surface area contributed by atoms with Crippen LogP contribution in [0.5, 0.6) is 0 Å². The van der Waals surface area contributed by atoms with Crippen molar-refractivity contribution in [3.8, 4) is 11.3 Å². The Morgan fingerprint density at radius 3 is 2.58 bits per heavy atom. The average molecular weight is 267 g/mol. The fourth-order valence-electron chi connectivity index (χ4n) is 2.55. The van der Waals surface area contributed by atoms with Crippen LogP contribution >= 0.6 is 11.6 Å². The van der Waals surface area contributed by atoms with Crippen molar-refractivity contribution in [1.82, 2.24) is 9.97 Å². The number of fused-ring (bicyclic) bond motifs is 2. The summed E-state index contributed by atoms with van der Waals surface area (Å²) >= 11 is 6.16. The van der Waals surface area contributed by atoms with Gasteiger partial charge in [0.2, 0.25) is 5.78 Å². The van der Waals surface area contributed by atoms with Gasteiger partial charge in [0.1, 0.15) is 5.69 Å². The average Bonchev–Trinajstić information content (AvgIpc) is 2.46. The van der Waals surface area contributed by atoms with Gasteiger partial charge in [-0.05, 0) is 6.07 Å². The first kappa shape index (κ1) is 10.6. The van der Waals surface area contributed by atoms with E-state index >= 15 is 0 Å². The summed E-state index contributed by atoms with van der Waals surface area (Å²) < 4.78 is 0. The van der Waals surface area contributed by atoms with E-state index in [0.717, 1.165) is 22.0 Å². The molecule has 0 saturated heterocycles. The molecule has 4 rings (SSSR count). The SMILES string of the molecule is O=C1c2ccccc2-c2nccc3c(Cl)cnc1c23. The van der Waals surface area contributed by atoms with Gasteiger partial charge in [-0.3, -0.25) is 14.8 Å². The minimum Gasteiger partial charge on any atom is -0.287 e. The van der Waals surface area contributed by atoms with E-state index in [-0.39, 0.29) is 5.78 Å². The van der Waals surface area contributed by atoms with Gasteiger partial charge in [-0.1, -0.05) is 35.9 Å². The first-order chi connectivity index (χ1) is 9.27. The molecule has 0 saturated carbocycles. The fourth-order valence-corrected chi connectivity index (χ4v) is 2.75. The Morgan fingerprint density at radius 2 is 1.74 bits per heavy atom. The number of rotatable bonds is 0. The second-order valence-electron chi connectivity index (χ2n) is 4.41. The monoisotopic (exact) mass is 266 g/mol. The maximum Gasteiger partial charge on any atom is 0.212 e. The summed E-state index contributed by atoms with van der Waals surface area (Å²) in [5.41, 5.74) is 2.69. The maximum absolute atomic E-state index is 12.5. The van der Waals surface area contributed by atoms with Crippen molar-refractivity contribution < 1.29 is 4.79 Å². The second-order valence-corrected chi connectivity index (χ2v) is 4.82. The lowest BCUT2D eigenvalue weighted by Crippen LogP contribution is -2.12. The van der Waals surface area contributed by atoms with Crippen LogP contribution in [0.3, 0.4) is 0 Å². The highest BCUT2D eigenvalue weighted by atomic mass is 35.5. The third kappa shape index (κ3) is 1.30. The molecular weight excluding hydrogens is 260 g/mol. The van der Waals surface area contributed by atoms with Gasteiger partial charge in [0, 0.05) is 34.3 Å². The number of hydrogen-bond donors (Lipinski definition) is 0. The number of carbonyl (C=O) groups is 1. The standard InChI is InChI=1S/C15H7ClN2O/c16-11-7-18-14-12-10(11)5-6-17-13(12)8-3-1-2-4-9(8)15(14)19/h1-7H. The molecule has 0 amide bonds. The van der Waals surface area contributed by atoms with Gasteiger partial charge in [0.25, 0.3) is 0 Å². The highest BCUT2D eigenvalue weighted by molar-refractivity contribution is 6.37. The van der Waals surface area contributed by atoms with Crippen LogP contribution in [0.15, 0.2) is 42.7 Å². The molecule has 19 heavy (non-hydrogen) atoms. The smallest absolute Gasteiger partial charge is 0.212 e. The predicted octanol–water partition coefficient (Wildman–Crippen LogP) is 3.49. The zero-order valence-electron chi connectivity index (χ0n) is 9.72. The molecular formula is C15H7ClN2O. The molecule has 2 aromatic heterocycles. The van der Waals surface area contributed by atoms with Crippen LogP contribution < -0.4 is 0 Å². The molecule has 3 nitrogen and oxygen atoms in total. The Balaban J connectivity index is 2.28. The highest BCUT2D eigenvalue weighted by Crippen LogP contribution is 2.38. The highest BCUT2D eigenvalue weighted by Gasteiger charge is 2.27. The van der Waals surface area contributed by atoms with E-state index in [1.54, 1.807) is 12.3 Å². The number of halogens is 1. The third-order valence-corrected chi connectivity index (χ3v) is 3.70. The Hall–Kier alpha value is -2.26. The number of ketones is 1. The van der Waals surface area contributed by atoms with Crippen molar-refractivity contribution in [2.75, 3.05) is 0 Å². The quantitative estimate of drug-likeness (QED) is 0.489. The van der Waals surface area contributed by atoms with Crippen molar-refractivity contribution in [2.24, 2.45) is 0 Å². The molecule has 1 aliphatic carbocycles. The van der Waals surface area contributed by atoms with Crippen molar-refractivity contribution >= 4 is 28.2 Å². The van der Waals surface area contributed by atoms with E-state index in [1.807, 2.05) is 24.3 Å². The molecule has 90 valence electrons. The number of nitrogens with zero attached hydrogens (tertiary/aromatic N) is 2. The fraction of sp³-hybridized carbons (Fsp3) is 0. The molecule has 1 aromatic carbocycles. The number of benzene rings is 1. The van der Waals surface area contributed by atoms with Crippen molar-refractivity contribution in [1.29, 1.82) is 0 Å². The molecule has 0 atom stereocenters. The summed E-state index contributed by atoms with van der Waals surface area (Å²) in [6, 6.07) is 9.26. The van der Waals surface area contributed by atoms with Crippen LogP contribution in [-0.4, -0.2) is 15.8 Å². The van der Waals surface area contributed by atoms with Crippen LogP contribution in [0.2, 0.25) is 5.02 Å². The van der Waals surface area contributed by atoms with Gasteiger partial charge in [-0.25, -0.2) is 0 Å². The Bertz CT molecular complexity index is 858. The van der Waals surface area contributed by atoms with Crippen LogP contribution in [0.1, 0.15) is 16.1 Å². The molecule has 4 heteroatoms. The van der Waals surface area contributed by atoms with Gasteiger partial charge >= 0.3 is 0 Å². The summed E-state index contributed by atoms with van der Waals surface area (Å²) in [7, 11) is 0. The number of aromatic nitrogens is 2. The zero-order valence-corrected chi connectivity index (χ0v) is 10.5. The Morgan fingerprint density at radius 1 is 0.947 bits per heavy atom. The van der Waals surface area contributed by atoms with Crippen LogP contribution in [0, 0.1) is 0 Å². The van der Waals surface area contributed by atoms with E-state index in [2.05, 4.69) is 9.97 Å². The van der Waals surface area contributed by atoms with Gasteiger partial charge in [-0.2, -0.15) is 0 Å². The Labute approximate surface area is 113 Å². The van der Waals surface area contributed by atoms with E-state index in [1.165, 1.54) is 6.20 Å². The summed E-state index contributed by atoms with van der Waals surface area (Å²) in [5.74, 6) is -0.0715. The van der Waals surface area contributed by atoms with Gasteiger partial charge in [0.15, 0.2) is 0 Å². The van der Waals surface area contributed by atoms with E-state index < -0.39 is 0 Å². The van der Waals surface area contributed by atoms with Gasteiger partial charge in [0.05, 0.1) is 10.7 Å². The normalized spacial score (nSPS) is 12.6. The van der Waals surface area contributed by atoms with Gasteiger partial charge < -0.3 is 0 Å². The maximum atomic E-state index is 12.5. The van der Waals surface area contributed by atoms with E-state index in [0.29, 0.717) is 16.3 Å². The van der Waals surface area contributed by atoms with Crippen LogP contribution in [-0.2, 0) is 0 Å². The van der Waals surface area contributed by atoms with Crippen LogP contribution in [0.4, 0.5) is 0 Å². The van der Waals surface area contributed by atoms with E-state index in [4.69, 9.17) is 11.6 Å². The zero-order chi connectivity index (χ0) is 13.0. The molecule has 0 N–H and O–H groups in total. The third-order valence-electron chi connectivity index (χ3n) is 3.39. The minimum atomic E-state index is -0.0715. The minimum absolute atomic E-state index is 0.0715. The molecule has 0 spiro atoms. The molecule has 3 aromatic rings. The molecule has 0 fully saturated rings. The number of hydrogen-bond acceptors (Lipinski definition) is 3. The lowest BCUT2D eigenvalue weighted by atomic mass is 9.89. The molecule has 0 unspecified atom stereocenters. The predicted molar refractivity (Wildman–Crippen MR) is 73.4 cm³/mol. The summed E-state index contributed by atoms with van der Waals surface area (Å²) in [5, 5.41) is 2.10. The molecule has 0 aliphatic heterocycles. The summed E-state index contributed by atoms with van der Waals surface area (Å²) in [6.45, 7) is 0. The lowest BCUT2D eigenvalue weighted by molar-refractivity contribution is 0.103. The largest absolute Gasteiger partial charge is 0.287 e. The van der Waals surface area contributed by atoms with Crippen molar-refractivity contribution in [3.63, 3.8) is 0 Å². The topological polar surface area (TPSA) is 42.9 Å². The lowest BCUT2D eigenvalue weighted by Gasteiger charge is -2.18. The molecule has 0 bridgehead atoms. The van der Waals surface area contributed by atoms with Crippen molar-refractivity contribution in [3.05, 3.63) is 59.0 Å². The Kier molecular flexibility index (Phi) is 2.03. The van der Waals surface area contributed by atoms with Crippen molar-refractivity contribution in [2.45, 2.75) is 0 Å². The first-order valence-electron chi connectivity index (χ1n) is 5.84. The molecule has 0 radical (unpaired) electrons. The summed E-state index contributed by atoms with van der Waals surface area (Å²) in [4.78, 5) is 21.1. The number of pyridine rings is 2. The van der Waals surface area contributed by atoms with Gasteiger partial charge in [-0.15, -0.1) is 0 Å². The summed E-state index contributed by atoms with van der Waals surface area (Å²) in [6.07, 6.45) is 3.23. The van der Waals surface area contributed by atoms with Crippen LogP contribution in [0.25, 0.3) is 22.0 Å².